The molecule has 1 aromatic heterocycles. The van der Waals surface area contributed by atoms with Crippen LogP contribution in [0.25, 0.3) is 0 Å². The second-order valence-corrected chi connectivity index (χ2v) is 4.09. The number of thiazole rings is 1. The first-order valence-corrected chi connectivity index (χ1v) is 5.49. The number of rotatable bonds is 3. The third-order valence-corrected chi connectivity index (χ3v) is 3.53. The quantitative estimate of drug-likeness (QED) is 0.815. The van der Waals surface area contributed by atoms with E-state index in [0.717, 1.165) is 10.6 Å². The largest absolute Gasteiger partial charge is 0.480 e. The Hall–Kier alpha value is -0.550. The summed E-state index contributed by atoms with van der Waals surface area (Å²) in [6.45, 7) is 1.83. The van der Waals surface area contributed by atoms with Crippen LogP contribution in [0.5, 0.6) is 0 Å². The molecule has 5 heteroatoms. The lowest BCUT2D eigenvalue weighted by atomic mass is 10.3. The van der Waals surface area contributed by atoms with Gasteiger partial charge in [0, 0.05) is 0 Å². The van der Waals surface area contributed by atoms with Crippen molar-refractivity contribution >= 4 is 29.1 Å². The van der Waals surface area contributed by atoms with Crippen molar-refractivity contribution in [3.63, 3.8) is 0 Å². The van der Waals surface area contributed by atoms with Crippen LogP contribution in [0.15, 0.2) is 5.51 Å². The third-order valence-electron chi connectivity index (χ3n) is 1.48. The zero-order chi connectivity index (χ0) is 9.14. The third kappa shape index (κ3) is 1.78. The van der Waals surface area contributed by atoms with Crippen molar-refractivity contribution in [2.24, 2.45) is 0 Å². The number of nitrogens with zero attached hydrogens (tertiary/aromatic N) is 1. The molecule has 0 aliphatic carbocycles. The molecule has 1 aromatic rings. The summed E-state index contributed by atoms with van der Waals surface area (Å²) in [5.74, 6) is -0.796. The van der Waals surface area contributed by atoms with Crippen molar-refractivity contribution in [2.45, 2.75) is 12.2 Å². The summed E-state index contributed by atoms with van der Waals surface area (Å²) in [4.78, 5) is 15.6. The lowest BCUT2D eigenvalue weighted by Crippen LogP contribution is -2.06. The summed E-state index contributed by atoms with van der Waals surface area (Å²) >= 11 is 2.72. The Kier molecular flexibility index (Phi) is 3.11. The first-order chi connectivity index (χ1) is 5.66. The summed E-state index contributed by atoms with van der Waals surface area (Å²) in [7, 11) is 0. The molecule has 1 atom stereocenters. The second kappa shape index (κ2) is 3.91. The molecule has 66 valence electrons. The van der Waals surface area contributed by atoms with Crippen LogP contribution in [-0.2, 0) is 4.79 Å². The Bertz CT molecular complexity index is 285. The fourth-order valence-corrected chi connectivity index (χ4v) is 2.70. The molecule has 3 nitrogen and oxygen atoms in total. The Morgan fingerprint density at radius 1 is 1.83 bits per heavy atom. The Morgan fingerprint density at radius 3 is 2.83 bits per heavy atom. The molecule has 0 aliphatic rings. The van der Waals surface area contributed by atoms with E-state index < -0.39 is 11.2 Å². The lowest BCUT2D eigenvalue weighted by molar-refractivity contribution is -0.136. The highest BCUT2D eigenvalue weighted by Gasteiger charge is 2.21. The molecule has 0 fully saturated rings. The SMILES string of the molecule is CSC(C(=O)O)c1scnc1C. The van der Waals surface area contributed by atoms with Gasteiger partial charge in [0.2, 0.25) is 0 Å². The van der Waals surface area contributed by atoms with Gasteiger partial charge in [-0.05, 0) is 13.2 Å². The van der Waals surface area contributed by atoms with E-state index in [1.807, 2.05) is 6.92 Å². The average Bonchev–Trinajstić information content (AvgIpc) is 2.38. The number of carboxylic acid groups (broad SMARTS) is 1. The van der Waals surface area contributed by atoms with E-state index >= 15 is 0 Å². The molecule has 0 saturated carbocycles. The molecular formula is C7H9NO2S2. The Morgan fingerprint density at radius 2 is 2.50 bits per heavy atom. The highest BCUT2D eigenvalue weighted by Crippen LogP contribution is 2.31. The summed E-state index contributed by atoms with van der Waals surface area (Å²) in [6, 6.07) is 0. The number of carboxylic acids is 1. The molecule has 1 heterocycles. The first kappa shape index (κ1) is 9.54. The predicted molar refractivity (Wildman–Crippen MR) is 50.7 cm³/mol. The smallest absolute Gasteiger partial charge is 0.322 e. The number of hydrogen-bond donors (Lipinski definition) is 1. The van der Waals surface area contributed by atoms with Gasteiger partial charge in [-0.25, -0.2) is 4.98 Å². The number of hydrogen-bond acceptors (Lipinski definition) is 4. The van der Waals surface area contributed by atoms with Crippen LogP contribution in [0.3, 0.4) is 0 Å². The van der Waals surface area contributed by atoms with Crippen molar-refractivity contribution in [1.29, 1.82) is 0 Å². The van der Waals surface area contributed by atoms with Gasteiger partial charge in [-0.1, -0.05) is 0 Å². The normalized spacial score (nSPS) is 12.8. The van der Waals surface area contributed by atoms with Gasteiger partial charge >= 0.3 is 5.97 Å². The van der Waals surface area contributed by atoms with Gasteiger partial charge in [-0.2, -0.15) is 0 Å². The van der Waals surface area contributed by atoms with E-state index in [0.29, 0.717) is 0 Å². The minimum Gasteiger partial charge on any atom is -0.480 e. The van der Waals surface area contributed by atoms with Crippen LogP contribution in [0.2, 0.25) is 0 Å². The number of aliphatic carboxylic acids is 1. The van der Waals surface area contributed by atoms with Crippen molar-refractivity contribution in [3.05, 3.63) is 16.1 Å². The molecule has 0 aliphatic heterocycles. The van der Waals surface area contributed by atoms with E-state index in [4.69, 9.17) is 5.11 Å². The molecule has 0 saturated heterocycles. The molecule has 0 amide bonds. The summed E-state index contributed by atoms with van der Waals surface area (Å²) in [6.07, 6.45) is 1.79. The van der Waals surface area contributed by atoms with Crippen LogP contribution in [0.1, 0.15) is 15.8 Å². The number of aromatic nitrogens is 1. The Labute approximate surface area is 78.8 Å². The minimum absolute atomic E-state index is 0.461. The maximum atomic E-state index is 10.7. The van der Waals surface area contributed by atoms with Gasteiger partial charge in [-0.3, -0.25) is 4.79 Å². The number of carbonyl (C=O) groups is 1. The van der Waals surface area contributed by atoms with Gasteiger partial charge in [-0.15, -0.1) is 23.1 Å². The molecule has 0 bridgehead atoms. The highest BCUT2D eigenvalue weighted by molar-refractivity contribution is 7.99. The zero-order valence-corrected chi connectivity index (χ0v) is 8.41. The van der Waals surface area contributed by atoms with Crippen LogP contribution in [0.4, 0.5) is 0 Å². The highest BCUT2D eigenvalue weighted by atomic mass is 32.2. The van der Waals surface area contributed by atoms with Gasteiger partial charge in [0.05, 0.1) is 16.1 Å². The van der Waals surface area contributed by atoms with Crippen molar-refractivity contribution in [3.8, 4) is 0 Å². The second-order valence-electron chi connectivity index (χ2n) is 2.26. The monoisotopic (exact) mass is 203 g/mol. The summed E-state index contributed by atoms with van der Waals surface area (Å²) < 4.78 is 0. The van der Waals surface area contributed by atoms with E-state index in [2.05, 4.69) is 4.98 Å². The van der Waals surface area contributed by atoms with Crippen LogP contribution < -0.4 is 0 Å². The van der Waals surface area contributed by atoms with Crippen LogP contribution >= 0.6 is 23.1 Å². The average molecular weight is 203 g/mol. The maximum absolute atomic E-state index is 10.7. The predicted octanol–water partition coefficient (Wildman–Crippen LogP) is 1.94. The summed E-state index contributed by atoms with van der Waals surface area (Å²) in [5, 5.41) is 8.37. The van der Waals surface area contributed by atoms with E-state index in [1.165, 1.54) is 23.1 Å². The number of aryl methyl sites for hydroxylation is 1. The molecule has 0 radical (unpaired) electrons. The fraction of sp³-hybridized carbons (Fsp3) is 0.429. The molecule has 0 aromatic carbocycles. The van der Waals surface area contributed by atoms with E-state index in [9.17, 15) is 4.79 Å². The van der Waals surface area contributed by atoms with Crippen molar-refractivity contribution in [2.75, 3.05) is 6.26 Å². The Balaban J connectivity index is 2.94. The molecular weight excluding hydrogens is 194 g/mol. The lowest BCUT2D eigenvalue weighted by Gasteiger charge is -2.06. The maximum Gasteiger partial charge on any atom is 0.322 e. The van der Waals surface area contributed by atoms with E-state index in [1.54, 1.807) is 11.8 Å². The van der Waals surface area contributed by atoms with Gasteiger partial charge in [0.15, 0.2) is 0 Å². The number of thioether (sulfide) groups is 1. The standard InChI is InChI=1S/C7H9NO2S2/c1-4-5(12-3-8-4)6(11-2)7(9)10/h3,6H,1-2H3,(H,9,10). The summed E-state index contributed by atoms with van der Waals surface area (Å²) in [5.41, 5.74) is 2.50. The fourth-order valence-electron chi connectivity index (χ4n) is 0.883. The first-order valence-electron chi connectivity index (χ1n) is 3.32. The molecule has 0 spiro atoms. The van der Waals surface area contributed by atoms with Crippen LogP contribution in [-0.4, -0.2) is 22.3 Å². The van der Waals surface area contributed by atoms with Gasteiger partial charge in [0.1, 0.15) is 5.25 Å². The zero-order valence-electron chi connectivity index (χ0n) is 6.77. The minimum atomic E-state index is -0.796. The molecule has 1 rings (SSSR count). The van der Waals surface area contributed by atoms with E-state index in [-0.39, 0.29) is 0 Å². The van der Waals surface area contributed by atoms with Gasteiger partial charge in [0.25, 0.3) is 0 Å². The van der Waals surface area contributed by atoms with Crippen molar-refractivity contribution in [1.82, 2.24) is 4.98 Å². The van der Waals surface area contributed by atoms with Gasteiger partial charge < -0.3 is 5.11 Å². The topological polar surface area (TPSA) is 50.2 Å². The van der Waals surface area contributed by atoms with Crippen LogP contribution in [0, 0.1) is 6.92 Å². The molecule has 1 N–H and O–H groups in total. The van der Waals surface area contributed by atoms with Crippen molar-refractivity contribution < 1.29 is 9.90 Å². The molecule has 12 heavy (non-hydrogen) atoms. The molecule has 1 unspecified atom stereocenters.